The van der Waals surface area contributed by atoms with Crippen molar-refractivity contribution in [3.63, 3.8) is 0 Å². The number of hydrogen-bond acceptors (Lipinski definition) is 5. The molecular weight excluding hydrogens is 309 g/mol. The zero-order chi connectivity index (χ0) is 14.8. The third kappa shape index (κ3) is 2.84. The van der Waals surface area contributed by atoms with Crippen molar-refractivity contribution >= 4 is 33.6 Å². The highest BCUT2D eigenvalue weighted by molar-refractivity contribution is 7.17. The lowest BCUT2D eigenvalue weighted by atomic mass is 10.2. The molecule has 1 aromatic carbocycles. The molecule has 0 saturated carbocycles. The minimum Gasteiger partial charge on any atom is -0.289 e. The largest absolute Gasteiger partial charge is 0.354 e. The number of carbonyl (C=O) groups excluding carboxylic acids is 1. The van der Waals surface area contributed by atoms with E-state index in [1.165, 1.54) is 22.1 Å². The molecule has 2 aromatic heterocycles. The van der Waals surface area contributed by atoms with Crippen molar-refractivity contribution in [2.24, 2.45) is 0 Å². The molecule has 0 amide bonds. The summed E-state index contributed by atoms with van der Waals surface area (Å²) in [5.41, 5.74) is 6.26. The fourth-order valence-electron chi connectivity index (χ4n) is 1.84. The normalized spacial score (nSPS) is 10.7. The molecule has 3 aromatic rings. The zero-order valence-electron chi connectivity index (χ0n) is 10.8. The van der Waals surface area contributed by atoms with Crippen LogP contribution in [0.1, 0.15) is 9.67 Å². The lowest BCUT2D eigenvalue weighted by molar-refractivity contribution is -0.722. The van der Waals surface area contributed by atoms with Gasteiger partial charge in [0.1, 0.15) is 5.82 Å². The molecule has 0 saturated heterocycles. The Balaban J connectivity index is 1.89. The first-order valence-corrected chi connectivity index (χ1v) is 7.83. The zero-order valence-corrected chi connectivity index (χ0v) is 12.5. The van der Waals surface area contributed by atoms with E-state index in [0.29, 0.717) is 20.6 Å². The van der Waals surface area contributed by atoms with Gasteiger partial charge in [-0.15, -0.1) is 16.0 Å². The molecule has 0 unspecified atom stereocenters. The second kappa shape index (κ2) is 5.71. The molecular formula is C14H11FN3OS2+. The van der Waals surface area contributed by atoms with Crippen LogP contribution < -0.4 is 10.4 Å². The average Bonchev–Trinajstić information content (AvgIpc) is 3.10. The first-order valence-electron chi connectivity index (χ1n) is 6.13. The summed E-state index contributed by atoms with van der Waals surface area (Å²) in [6.07, 6.45) is 0. The van der Waals surface area contributed by atoms with Gasteiger partial charge >= 0.3 is 5.13 Å². The number of anilines is 1. The topological polar surface area (TPSA) is 59.9 Å². The maximum atomic E-state index is 13.8. The van der Waals surface area contributed by atoms with Gasteiger partial charge in [-0.3, -0.25) is 10.5 Å². The van der Waals surface area contributed by atoms with Crippen molar-refractivity contribution in [2.45, 2.75) is 6.54 Å². The van der Waals surface area contributed by atoms with Crippen LogP contribution in [0.3, 0.4) is 0 Å². The molecule has 0 bridgehead atoms. The number of Topliss-reactive ketones (excluding diaryl/α,β-unsaturated/α-hetero) is 1. The van der Waals surface area contributed by atoms with E-state index in [9.17, 15) is 9.18 Å². The standard InChI is InChI=1S/C14H10FN3OS2/c15-10-5-2-1-4-9(10)13-17-18(14(16)21-13)8-11(19)12-6-3-7-20-12/h1-7,16H,8H2/p+1. The van der Waals surface area contributed by atoms with Gasteiger partial charge in [-0.25, -0.2) is 4.39 Å². The van der Waals surface area contributed by atoms with Crippen LogP contribution in [0.4, 0.5) is 9.52 Å². The number of hydrogen-bond donors (Lipinski definition) is 1. The minimum absolute atomic E-state index is 0.0529. The van der Waals surface area contributed by atoms with E-state index >= 15 is 0 Å². The Morgan fingerprint density at radius 2 is 2.10 bits per heavy atom. The summed E-state index contributed by atoms with van der Waals surface area (Å²) in [6.45, 7) is 0.0529. The molecule has 0 atom stereocenters. The predicted octanol–water partition coefficient (Wildman–Crippen LogP) is 2.76. The smallest absolute Gasteiger partial charge is 0.289 e. The van der Waals surface area contributed by atoms with Crippen molar-refractivity contribution in [3.8, 4) is 10.6 Å². The van der Waals surface area contributed by atoms with Crippen LogP contribution in [0.25, 0.3) is 10.6 Å². The molecule has 7 heteroatoms. The highest BCUT2D eigenvalue weighted by Gasteiger charge is 2.21. The number of ketones is 1. The van der Waals surface area contributed by atoms with Crippen LogP contribution in [-0.4, -0.2) is 10.9 Å². The van der Waals surface area contributed by atoms with Crippen molar-refractivity contribution in [3.05, 3.63) is 52.5 Å². The molecule has 0 radical (unpaired) electrons. The highest BCUT2D eigenvalue weighted by Crippen LogP contribution is 2.26. The second-order valence-electron chi connectivity index (χ2n) is 4.28. The molecule has 106 valence electrons. The number of nitrogen functional groups attached to an aromatic ring is 1. The fourth-order valence-corrected chi connectivity index (χ4v) is 3.32. The van der Waals surface area contributed by atoms with Gasteiger partial charge in [0.25, 0.3) is 0 Å². The lowest BCUT2D eigenvalue weighted by Crippen LogP contribution is -2.41. The van der Waals surface area contributed by atoms with E-state index in [1.807, 2.05) is 11.4 Å². The van der Waals surface area contributed by atoms with Gasteiger partial charge in [0.15, 0.2) is 11.6 Å². The number of aromatic nitrogens is 2. The molecule has 0 aliphatic rings. The second-order valence-corrected chi connectivity index (χ2v) is 6.24. The number of benzene rings is 1. The molecule has 4 nitrogen and oxygen atoms in total. The Morgan fingerprint density at radius 3 is 2.81 bits per heavy atom. The van der Waals surface area contributed by atoms with E-state index in [0.717, 1.165) is 11.3 Å². The van der Waals surface area contributed by atoms with Gasteiger partial charge < -0.3 is 0 Å². The van der Waals surface area contributed by atoms with Crippen LogP contribution in [0.5, 0.6) is 0 Å². The Kier molecular flexibility index (Phi) is 3.76. The fraction of sp³-hybridized carbons (Fsp3) is 0.0714. The van der Waals surface area contributed by atoms with Crippen LogP contribution >= 0.6 is 22.7 Å². The predicted molar refractivity (Wildman–Crippen MR) is 80.8 cm³/mol. The van der Waals surface area contributed by atoms with Crippen LogP contribution in [0.15, 0.2) is 41.8 Å². The average molecular weight is 320 g/mol. The maximum Gasteiger partial charge on any atom is 0.354 e. The first-order chi connectivity index (χ1) is 10.1. The van der Waals surface area contributed by atoms with Gasteiger partial charge in [-0.1, -0.05) is 23.3 Å². The van der Waals surface area contributed by atoms with Crippen LogP contribution in [0, 0.1) is 5.82 Å². The lowest BCUT2D eigenvalue weighted by Gasteiger charge is -1.95. The van der Waals surface area contributed by atoms with Crippen LogP contribution in [0.2, 0.25) is 0 Å². The summed E-state index contributed by atoms with van der Waals surface area (Å²) in [7, 11) is 0. The Labute approximate surface area is 128 Å². The third-order valence-corrected chi connectivity index (χ3v) is 4.69. The number of nitrogens with two attached hydrogens (primary N) is 1. The Bertz CT molecular complexity index is 783. The van der Waals surface area contributed by atoms with Gasteiger partial charge in [-0.05, 0) is 34.9 Å². The van der Waals surface area contributed by atoms with Gasteiger partial charge in [0.2, 0.25) is 5.78 Å². The summed E-state index contributed by atoms with van der Waals surface area (Å²) in [4.78, 5) is 12.7. The minimum atomic E-state index is -0.358. The summed E-state index contributed by atoms with van der Waals surface area (Å²) >= 11 is 2.54. The molecule has 2 N–H and O–H groups in total. The first kappa shape index (κ1) is 13.8. The monoisotopic (exact) mass is 320 g/mol. The number of thiophene rings is 1. The number of carbonyl (C=O) groups is 1. The molecule has 21 heavy (non-hydrogen) atoms. The maximum absolute atomic E-state index is 13.8. The number of rotatable bonds is 4. The molecule has 3 rings (SSSR count). The summed E-state index contributed by atoms with van der Waals surface area (Å²) in [5.74, 6) is -0.421. The summed E-state index contributed by atoms with van der Waals surface area (Å²) in [5, 5.41) is 6.92. The van der Waals surface area contributed by atoms with Crippen molar-refractivity contribution in [1.82, 2.24) is 5.10 Å². The van der Waals surface area contributed by atoms with Gasteiger partial charge in [0, 0.05) is 0 Å². The Morgan fingerprint density at radius 1 is 1.29 bits per heavy atom. The summed E-state index contributed by atoms with van der Waals surface area (Å²) in [6, 6.07) is 9.93. The highest BCUT2D eigenvalue weighted by atomic mass is 32.1. The molecule has 2 heterocycles. The van der Waals surface area contributed by atoms with E-state index < -0.39 is 0 Å². The number of halogens is 1. The van der Waals surface area contributed by atoms with Gasteiger partial charge in [0.05, 0.1) is 10.4 Å². The molecule has 0 fully saturated rings. The van der Waals surface area contributed by atoms with Crippen molar-refractivity contribution in [2.75, 3.05) is 5.73 Å². The van der Waals surface area contributed by atoms with Crippen LogP contribution in [-0.2, 0) is 6.54 Å². The number of nitrogens with zero attached hydrogens (tertiary/aromatic N) is 2. The SMILES string of the molecule is Nc1sc(-c2ccccc2F)n[n+]1CC(=O)c1cccs1. The summed E-state index contributed by atoms with van der Waals surface area (Å²) < 4.78 is 15.2. The van der Waals surface area contributed by atoms with Gasteiger partial charge in [-0.2, -0.15) is 0 Å². The van der Waals surface area contributed by atoms with E-state index in [-0.39, 0.29) is 18.1 Å². The van der Waals surface area contributed by atoms with Crippen molar-refractivity contribution < 1.29 is 13.9 Å². The Hall–Kier alpha value is -2.12. The quantitative estimate of drug-likeness (QED) is 0.594. The van der Waals surface area contributed by atoms with Crippen molar-refractivity contribution in [1.29, 1.82) is 0 Å². The van der Waals surface area contributed by atoms with E-state index in [2.05, 4.69) is 5.10 Å². The molecule has 0 aliphatic carbocycles. The van der Waals surface area contributed by atoms with E-state index in [4.69, 9.17) is 5.73 Å². The molecule has 0 aliphatic heterocycles. The third-order valence-electron chi connectivity index (χ3n) is 2.86. The van der Waals surface area contributed by atoms with E-state index in [1.54, 1.807) is 24.3 Å². The molecule has 0 spiro atoms.